The van der Waals surface area contributed by atoms with Gasteiger partial charge in [0.05, 0.1) is 12.2 Å². The lowest BCUT2D eigenvalue weighted by atomic mass is 10.3. The van der Waals surface area contributed by atoms with Crippen molar-refractivity contribution in [1.82, 2.24) is 4.31 Å². The molecule has 104 valence electrons. The number of sulfonamides is 1. The summed E-state index contributed by atoms with van der Waals surface area (Å²) in [6.07, 6.45) is 0. The Hall–Kier alpha value is -1.47. The van der Waals surface area contributed by atoms with E-state index in [1.54, 1.807) is 5.01 Å². The molecule has 1 aromatic carbocycles. The van der Waals surface area contributed by atoms with Crippen LogP contribution in [-0.4, -0.2) is 37.7 Å². The molecule has 1 atom stereocenters. The molecule has 0 saturated heterocycles. The van der Waals surface area contributed by atoms with Crippen LogP contribution in [0.15, 0.2) is 40.7 Å². The minimum absolute atomic E-state index is 0.267. The molecule has 1 aliphatic rings. The van der Waals surface area contributed by atoms with Crippen molar-refractivity contribution in [3.05, 3.63) is 30.3 Å². The maximum atomic E-state index is 12.3. The molecule has 2 rings (SSSR count). The first-order valence-electron chi connectivity index (χ1n) is 6.32. The Balaban J connectivity index is 2.14. The average Bonchev–Trinajstić information content (AvgIpc) is 2.91. The van der Waals surface area contributed by atoms with E-state index in [2.05, 4.69) is 10.3 Å². The summed E-state index contributed by atoms with van der Waals surface area (Å²) in [4.78, 5) is 0. The lowest BCUT2D eigenvalue weighted by Crippen LogP contribution is -2.40. The Bertz CT molecular complexity index is 540. The quantitative estimate of drug-likeness (QED) is 0.828. The third-order valence-electron chi connectivity index (χ3n) is 3.08. The summed E-state index contributed by atoms with van der Waals surface area (Å²) in [7, 11) is -3.41. The van der Waals surface area contributed by atoms with E-state index in [9.17, 15) is 8.42 Å². The molecule has 6 nitrogen and oxygen atoms in total. The van der Waals surface area contributed by atoms with Crippen LogP contribution in [0.3, 0.4) is 0 Å². The van der Waals surface area contributed by atoms with E-state index in [0.717, 1.165) is 5.69 Å². The van der Waals surface area contributed by atoms with Gasteiger partial charge in [-0.25, -0.2) is 17.7 Å². The molecule has 19 heavy (non-hydrogen) atoms. The Morgan fingerprint density at radius 2 is 1.89 bits per heavy atom. The summed E-state index contributed by atoms with van der Waals surface area (Å²) in [6, 6.07) is 9.44. The summed E-state index contributed by atoms with van der Waals surface area (Å²) in [6.45, 7) is 4.82. The Labute approximate surface area is 113 Å². The Morgan fingerprint density at radius 1 is 1.26 bits per heavy atom. The molecular formula is C12H18N4O2S. The predicted octanol–water partition coefficient (Wildman–Crippen LogP) is 1.87. The molecule has 1 aromatic rings. The van der Waals surface area contributed by atoms with Crippen molar-refractivity contribution in [1.29, 1.82) is 0 Å². The van der Waals surface area contributed by atoms with Gasteiger partial charge >= 0.3 is 0 Å². The van der Waals surface area contributed by atoms with Crippen molar-refractivity contribution >= 4 is 15.7 Å². The van der Waals surface area contributed by atoms with Crippen molar-refractivity contribution in [2.75, 3.05) is 24.6 Å². The second-order valence-electron chi connectivity index (χ2n) is 4.21. The topological polar surface area (TPSA) is 65.3 Å². The van der Waals surface area contributed by atoms with Gasteiger partial charge in [-0.05, 0) is 12.1 Å². The highest BCUT2D eigenvalue weighted by molar-refractivity contribution is 7.89. The first-order chi connectivity index (χ1) is 9.09. The van der Waals surface area contributed by atoms with Crippen molar-refractivity contribution in [2.24, 2.45) is 10.3 Å². The fourth-order valence-electron chi connectivity index (χ4n) is 2.01. The van der Waals surface area contributed by atoms with Crippen molar-refractivity contribution in [3.8, 4) is 0 Å². The molecule has 0 aliphatic carbocycles. The van der Waals surface area contributed by atoms with Crippen LogP contribution in [0.2, 0.25) is 0 Å². The first-order valence-corrected chi connectivity index (χ1v) is 7.82. The van der Waals surface area contributed by atoms with Crippen LogP contribution in [0.1, 0.15) is 13.8 Å². The number of hydrogen-bond donors (Lipinski definition) is 0. The number of para-hydroxylation sites is 1. The van der Waals surface area contributed by atoms with Gasteiger partial charge in [0.25, 0.3) is 0 Å². The van der Waals surface area contributed by atoms with Crippen LogP contribution >= 0.6 is 0 Å². The van der Waals surface area contributed by atoms with E-state index in [4.69, 9.17) is 0 Å². The standard InChI is InChI=1S/C12H18N4O2S/c1-3-15(4-2)19(17,18)12-10-16(14-13-12)11-8-6-5-7-9-11/h5-9,12H,3-4,10H2,1-2H3/t12-/m0/s1. The number of anilines is 1. The minimum atomic E-state index is -3.41. The molecule has 0 amide bonds. The lowest BCUT2D eigenvalue weighted by Gasteiger charge is -2.21. The van der Waals surface area contributed by atoms with Gasteiger partial charge in [0.2, 0.25) is 15.4 Å². The highest BCUT2D eigenvalue weighted by atomic mass is 32.2. The molecule has 0 unspecified atom stereocenters. The van der Waals surface area contributed by atoms with Gasteiger partial charge in [0.15, 0.2) is 0 Å². The van der Waals surface area contributed by atoms with Crippen LogP contribution in [0.4, 0.5) is 5.69 Å². The van der Waals surface area contributed by atoms with E-state index >= 15 is 0 Å². The zero-order chi connectivity index (χ0) is 13.9. The third-order valence-corrected chi connectivity index (χ3v) is 5.25. The van der Waals surface area contributed by atoms with Gasteiger partial charge < -0.3 is 0 Å². The number of rotatable bonds is 5. The van der Waals surface area contributed by atoms with Gasteiger partial charge in [0.1, 0.15) is 0 Å². The molecule has 0 bridgehead atoms. The fraction of sp³-hybridized carbons (Fsp3) is 0.500. The van der Waals surface area contributed by atoms with Crippen molar-refractivity contribution in [3.63, 3.8) is 0 Å². The molecule has 0 fully saturated rings. The largest absolute Gasteiger partial charge is 0.244 e. The zero-order valence-corrected chi connectivity index (χ0v) is 11.9. The summed E-state index contributed by atoms with van der Waals surface area (Å²) >= 11 is 0. The highest BCUT2D eigenvalue weighted by Crippen LogP contribution is 2.23. The van der Waals surface area contributed by atoms with Gasteiger partial charge in [0, 0.05) is 13.1 Å². The predicted molar refractivity (Wildman–Crippen MR) is 74.3 cm³/mol. The van der Waals surface area contributed by atoms with Crippen molar-refractivity contribution in [2.45, 2.75) is 19.2 Å². The lowest BCUT2D eigenvalue weighted by molar-refractivity contribution is 0.437. The van der Waals surface area contributed by atoms with Crippen LogP contribution in [0, 0.1) is 0 Å². The fourth-order valence-corrected chi connectivity index (χ4v) is 3.56. The molecule has 0 spiro atoms. The Morgan fingerprint density at radius 3 is 2.47 bits per heavy atom. The van der Waals surface area contributed by atoms with E-state index in [1.807, 2.05) is 44.2 Å². The maximum Gasteiger partial charge on any atom is 0.241 e. The van der Waals surface area contributed by atoms with Crippen LogP contribution < -0.4 is 5.01 Å². The smallest absolute Gasteiger partial charge is 0.241 e. The highest BCUT2D eigenvalue weighted by Gasteiger charge is 2.35. The second-order valence-corrected chi connectivity index (χ2v) is 6.30. The SMILES string of the molecule is CCN(CC)S(=O)(=O)[C@H]1CN(c2ccccc2)N=N1. The summed E-state index contributed by atoms with van der Waals surface area (Å²) in [5.41, 5.74) is 0.850. The monoisotopic (exact) mass is 282 g/mol. The number of benzene rings is 1. The van der Waals surface area contributed by atoms with Gasteiger partial charge in [-0.1, -0.05) is 37.3 Å². The molecule has 7 heteroatoms. The third kappa shape index (κ3) is 2.76. The summed E-state index contributed by atoms with van der Waals surface area (Å²) < 4.78 is 26.1. The average molecular weight is 282 g/mol. The van der Waals surface area contributed by atoms with E-state index in [-0.39, 0.29) is 6.54 Å². The van der Waals surface area contributed by atoms with Gasteiger partial charge in [-0.2, -0.15) is 0 Å². The van der Waals surface area contributed by atoms with Crippen LogP contribution in [0.25, 0.3) is 0 Å². The van der Waals surface area contributed by atoms with Gasteiger partial charge in [-0.3, -0.25) is 0 Å². The van der Waals surface area contributed by atoms with E-state index < -0.39 is 15.4 Å². The summed E-state index contributed by atoms with van der Waals surface area (Å²) in [5, 5.41) is 8.66. The molecule has 0 saturated carbocycles. The maximum absolute atomic E-state index is 12.3. The zero-order valence-electron chi connectivity index (χ0n) is 11.1. The molecular weight excluding hydrogens is 264 g/mol. The van der Waals surface area contributed by atoms with Gasteiger partial charge in [-0.15, -0.1) is 5.11 Å². The molecule has 0 N–H and O–H groups in total. The van der Waals surface area contributed by atoms with Crippen LogP contribution in [-0.2, 0) is 10.0 Å². The van der Waals surface area contributed by atoms with E-state index in [0.29, 0.717) is 13.1 Å². The molecule has 1 heterocycles. The van der Waals surface area contributed by atoms with E-state index in [1.165, 1.54) is 4.31 Å². The molecule has 0 aromatic heterocycles. The second kappa shape index (κ2) is 5.66. The normalized spacial score (nSPS) is 19.3. The first kappa shape index (κ1) is 14.0. The van der Waals surface area contributed by atoms with Crippen molar-refractivity contribution < 1.29 is 8.42 Å². The number of hydrogen-bond acceptors (Lipinski definition) is 5. The Kier molecular flexibility index (Phi) is 4.16. The minimum Gasteiger partial charge on any atom is -0.244 e. The number of nitrogens with zero attached hydrogens (tertiary/aromatic N) is 4. The molecule has 1 aliphatic heterocycles. The molecule has 0 radical (unpaired) electrons. The van der Waals surface area contributed by atoms with Crippen LogP contribution in [0.5, 0.6) is 0 Å². The summed E-state index contributed by atoms with van der Waals surface area (Å²) in [5.74, 6) is 0.